The van der Waals surface area contributed by atoms with Crippen LogP contribution < -0.4 is 0 Å². The van der Waals surface area contributed by atoms with Gasteiger partial charge in [0.2, 0.25) is 0 Å². The van der Waals surface area contributed by atoms with Gasteiger partial charge in [0.1, 0.15) is 5.41 Å². The molecule has 0 saturated heterocycles. The molecule has 0 aliphatic carbocycles. The van der Waals surface area contributed by atoms with Gasteiger partial charge in [0.25, 0.3) is 0 Å². The Labute approximate surface area is 134 Å². The molecule has 21 heavy (non-hydrogen) atoms. The molecule has 0 fully saturated rings. The summed E-state index contributed by atoms with van der Waals surface area (Å²) in [5.41, 5.74) is -0.00438. The summed E-state index contributed by atoms with van der Waals surface area (Å²) in [7, 11) is 1.86. The zero-order chi connectivity index (χ0) is 16.0. The fourth-order valence-electron chi connectivity index (χ4n) is 1.87. The molecule has 4 nitrogen and oxygen atoms in total. The van der Waals surface area contributed by atoms with Crippen molar-refractivity contribution >= 4 is 27.7 Å². The smallest absolute Gasteiger partial charge is 0.319 e. The van der Waals surface area contributed by atoms with E-state index in [1.807, 2.05) is 36.2 Å². The van der Waals surface area contributed by atoms with Crippen LogP contribution in [0.2, 0.25) is 0 Å². The molecule has 0 unspecified atom stereocenters. The van der Waals surface area contributed by atoms with E-state index in [4.69, 9.17) is 4.74 Å². The monoisotopic (exact) mass is 355 g/mol. The Morgan fingerprint density at radius 3 is 2.57 bits per heavy atom. The van der Waals surface area contributed by atoms with Crippen LogP contribution in [0.3, 0.4) is 0 Å². The van der Waals surface area contributed by atoms with Crippen molar-refractivity contribution in [2.45, 2.75) is 27.3 Å². The van der Waals surface area contributed by atoms with Crippen molar-refractivity contribution in [2.75, 3.05) is 20.2 Å². The number of carbonyl (C=O) groups is 2. The van der Waals surface area contributed by atoms with Crippen molar-refractivity contribution in [3.05, 3.63) is 34.3 Å². The van der Waals surface area contributed by atoms with Crippen LogP contribution in [-0.2, 0) is 20.9 Å². The molecule has 0 amide bonds. The number of ketones is 1. The van der Waals surface area contributed by atoms with Gasteiger partial charge in [0.05, 0.1) is 13.2 Å². The van der Waals surface area contributed by atoms with Crippen LogP contribution in [0, 0.1) is 5.41 Å². The van der Waals surface area contributed by atoms with E-state index in [-0.39, 0.29) is 18.9 Å². The van der Waals surface area contributed by atoms with Crippen LogP contribution in [0.25, 0.3) is 0 Å². The number of esters is 1. The molecule has 5 heteroatoms. The second-order valence-corrected chi connectivity index (χ2v) is 6.49. The Hall–Kier alpha value is -1.20. The van der Waals surface area contributed by atoms with Crippen molar-refractivity contribution in [3.63, 3.8) is 0 Å². The van der Waals surface area contributed by atoms with Gasteiger partial charge < -0.3 is 4.74 Å². The van der Waals surface area contributed by atoms with Crippen molar-refractivity contribution in [3.8, 4) is 0 Å². The van der Waals surface area contributed by atoms with Gasteiger partial charge in [0, 0.05) is 11.0 Å². The van der Waals surface area contributed by atoms with E-state index in [1.165, 1.54) is 0 Å². The molecule has 0 N–H and O–H groups in total. The molecule has 0 spiro atoms. The first-order valence-electron chi connectivity index (χ1n) is 6.91. The number of rotatable bonds is 7. The normalized spacial score (nSPS) is 11.5. The van der Waals surface area contributed by atoms with Gasteiger partial charge in [-0.1, -0.05) is 28.1 Å². The zero-order valence-electron chi connectivity index (χ0n) is 13.0. The molecule has 1 rings (SSSR count). The number of hydrogen-bond acceptors (Lipinski definition) is 4. The molecule has 0 aromatic heterocycles. The number of hydrogen-bond donors (Lipinski definition) is 0. The zero-order valence-corrected chi connectivity index (χ0v) is 14.6. The summed E-state index contributed by atoms with van der Waals surface area (Å²) in [6, 6.07) is 7.93. The fraction of sp³-hybridized carbons (Fsp3) is 0.500. The average molecular weight is 356 g/mol. The predicted octanol–water partition coefficient (Wildman–Crippen LogP) is 3.04. The van der Waals surface area contributed by atoms with E-state index < -0.39 is 11.4 Å². The predicted molar refractivity (Wildman–Crippen MR) is 85.9 cm³/mol. The third-order valence-electron chi connectivity index (χ3n) is 3.24. The van der Waals surface area contributed by atoms with Crippen LogP contribution in [0.4, 0.5) is 0 Å². The van der Waals surface area contributed by atoms with E-state index in [9.17, 15) is 9.59 Å². The SMILES string of the molecule is CCOC(=O)C(C)(C)C(=O)CN(C)Cc1cccc(Br)c1. The number of ether oxygens (including phenoxy) is 1. The standard InChI is InChI=1S/C16H22BrNO3/c1-5-21-15(20)16(2,3)14(19)11-18(4)10-12-7-6-8-13(17)9-12/h6-9H,5,10-11H2,1-4H3. The van der Waals surface area contributed by atoms with E-state index >= 15 is 0 Å². The molecule has 0 radical (unpaired) electrons. The molecule has 1 aromatic carbocycles. The van der Waals surface area contributed by atoms with Gasteiger partial charge in [-0.25, -0.2) is 0 Å². The van der Waals surface area contributed by atoms with Crippen molar-refractivity contribution in [2.24, 2.45) is 5.41 Å². The summed E-state index contributed by atoms with van der Waals surface area (Å²) in [6.07, 6.45) is 0. The highest BCUT2D eigenvalue weighted by molar-refractivity contribution is 9.10. The van der Waals surface area contributed by atoms with E-state index in [2.05, 4.69) is 15.9 Å². The molecule has 0 heterocycles. The van der Waals surface area contributed by atoms with Crippen LogP contribution >= 0.6 is 15.9 Å². The second kappa shape index (κ2) is 7.71. The van der Waals surface area contributed by atoms with Gasteiger partial charge in [0.15, 0.2) is 5.78 Å². The lowest BCUT2D eigenvalue weighted by Gasteiger charge is -2.24. The maximum absolute atomic E-state index is 12.3. The number of Topliss-reactive ketones (excluding diaryl/α,β-unsaturated/α-hetero) is 1. The molecule has 0 aliphatic rings. The minimum atomic E-state index is -1.11. The van der Waals surface area contributed by atoms with Gasteiger partial charge in [-0.15, -0.1) is 0 Å². The molecule has 116 valence electrons. The van der Waals surface area contributed by atoms with Gasteiger partial charge in [-0.3, -0.25) is 14.5 Å². The topological polar surface area (TPSA) is 46.6 Å². The number of nitrogens with zero attached hydrogens (tertiary/aromatic N) is 1. The van der Waals surface area contributed by atoms with Crippen molar-refractivity contribution in [1.82, 2.24) is 4.90 Å². The summed E-state index contributed by atoms with van der Waals surface area (Å²) < 4.78 is 5.96. The van der Waals surface area contributed by atoms with Crippen LogP contribution in [0.5, 0.6) is 0 Å². The van der Waals surface area contributed by atoms with Crippen LogP contribution in [0.1, 0.15) is 26.3 Å². The first kappa shape index (κ1) is 17.9. The van der Waals surface area contributed by atoms with Gasteiger partial charge >= 0.3 is 5.97 Å². The Morgan fingerprint density at radius 1 is 1.33 bits per heavy atom. The Morgan fingerprint density at radius 2 is 2.00 bits per heavy atom. The first-order valence-corrected chi connectivity index (χ1v) is 7.70. The second-order valence-electron chi connectivity index (χ2n) is 5.57. The minimum Gasteiger partial charge on any atom is -0.465 e. The van der Waals surface area contributed by atoms with E-state index in [1.54, 1.807) is 20.8 Å². The molecule has 0 saturated carbocycles. The van der Waals surface area contributed by atoms with Crippen molar-refractivity contribution in [1.29, 1.82) is 0 Å². The summed E-state index contributed by atoms with van der Waals surface area (Å²) >= 11 is 3.42. The van der Waals surface area contributed by atoms with E-state index in [0.29, 0.717) is 6.54 Å². The largest absolute Gasteiger partial charge is 0.465 e. The lowest BCUT2D eigenvalue weighted by Crippen LogP contribution is -2.41. The summed E-state index contributed by atoms with van der Waals surface area (Å²) in [5.74, 6) is -0.607. The highest BCUT2D eigenvalue weighted by atomic mass is 79.9. The van der Waals surface area contributed by atoms with Gasteiger partial charge in [-0.2, -0.15) is 0 Å². The molecular formula is C16H22BrNO3. The van der Waals surface area contributed by atoms with E-state index in [0.717, 1.165) is 10.0 Å². The van der Waals surface area contributed by atoms with Gasteiger partial charge in [-0.05, 0) is 45.5 Å². The highest BCUT2D eigenvalue weighted by Gasteiger charge is 2.37. The lowest BCUT2D eigenvalue weighted by atomic mass is 9.88. The number of likely N-dealkylation sites (N-methyl/N-ethyl adjacent to an activating group) is 1. The summed E-state index contributed by atoms with van der Waals surface area (Å²) in [5, 5.41) is 0. The number of benzene rings is 1. The number of carbonyl (C=O) groups excluding carboxylic acids is 2. The summed E-state index contributed by atoms with van der Waals surface area (Å²) in [6.45, 7) is 6.09. The van der Waals surface area contributed by atoms with Crippen molar-refractivity contribution < 1.29 is 14.3 Å². The average Bonchev–Trinajstić information content (AvgIpc) is 2.38. The minimum absolute atomic E-state index is 0.140. The molecule has 0 aliphatic heterocycles. The number of halogens is 1. The third-order valence-corrected chi connectivity index (χ3v) is 3.73. The molecular weight excluding hydrogens is 334 g/mol. The van der Waals surface area contributed by atoms with Crippen LogP contribution in [0.15, 0.2) is 28.7 Å². The van der Waals surface area contributed by atoms with Crippen LogP contribution in [-0.4, -0.2) is 36.9 Å². The first-order chi connectivity index (χ1) is 9.77. The quantitative estimate of drug-likeness (QED) is 0.557. The maximum atomic E-state index is 12.3. The summed E-state index contributed by atoms with van der Waals surface area (Å²) in [4.78, 5) is 26.0. The molecule has 1 aromatic rings. The molecule has 0 atom stereocenters. The Kier molecular flexibility index (Phi) is 6.55. The maximum Gasteiger partial charge on any atom is 0.319 e. The Balaban J connectivity index is 2.63. The third kappa shape index (κ3) is 5.25. The fourth-order valence-corrected chi connectivity index (χ4v) is 2.32. The highest BCUT2D eigenvalue weighted by Crippen LogP contribution is 2.20. The lowest BCUT2D eigenvalue weighted by molar-refractivity contribution is -0.158. The Bertz CT molecular complexity index is 514. The molecule has 0 bridgehead atoms.